The van der Waals surface area contributed by atoms with E-state index in [9.17, 15) is 130 Å². The quantitative estimate of drug-likeness (QED) is 0.0139. The minimum atomic E-state index is -2.16. The number of aliphatic hydroxyl groups is 7. The van der Waals surface area contributed by atoms with Crippen molar-refractivity contribution in [3.8, 4) is 91.6 Å². The summed E-state index contributed by atoms with van der Waals surface area (Å²) in [5.41, 5.74) is -3.88. The van der Waals surface area contributed by atoms with Crippen molar-refractivity contribution in [2.75, 3.05) is 33.5 Å². The van der Waals surface area contributed by atoms with Gasteiger partial charge in [-0.1, -0.05) is 14.9 Å². The van der Waals surface area contributed by atoms with Crippen molar-refractivity contribution in [2.24, 2.45) is 0 Å². The minimum absolute atomic E-state index is 0. The topological polar surface area (TPSA) is 685 Å². The molecule has 17 N–H and O–H groups in total. The SMILES string of the molecule is C.C.CC(=O)OC[C@H]1O[C@@H](O[C@H]2[C@H](OC(C)=O)[C@@H](OC(C)=O)[C@H](Oc3c(-c4cc(O)c(O)c(O)c4)oc4cc(O)cc(O)c4c3=O)O[C@@H]2COC(C)=O)[C@H](OC(C)=O)[C@@H](OC(C)=O)[C@H]1OC(C)=O.C[O-].O=c1c(O[C@@H]2O[C@H](CO)[C@@H](O[C@@H]3O[C@H](CO)[C@H](O)[C@H](O)[C@H]3O)[C@H](O)[C@H]2O)c(-c2cc(O)c(O)c(O)c2)oc2cc(O)cc(O)c12.[Na+]. The maximum atomic E-state index is 14.3. The molecule has 6 aromatic rings. The Bertz CT molecular complexity index is 4570. The molecule has 4 fully saturated rings. The Hall–Kier alpha value is -10.4. The summed E-state index contributed by atoms with van der Waals surface area (Å²) >= 11 is 0. The van der Waals surface area contributed by atoms with Gasteiger partial charge in [-0.15, -0.1) is 0 Å². The van der Waals surface area contributed by atoms with Gasteiger partial charge in [-0.25, -0.2) is 0 Å². The van der Waals surface area contributed by atoms with Crippen LogP contribution in [0.25, 0.3) is 44.6 Å². The number of carbonyl (C=O) groups excluding carboxylic acids is 7. The van der Waals surface area contributed by atoms with Crippen molar-refractivity contribution < 1.29 is 235 Å². The molecule has 634 valence electrons. The number of phenols is 10. The number of phenolic OH excluding ortho intramolecular Hbond substituents is 10. The molecule has 0 unspecified atom stereocenters. The first-order chi connectivity index (χ1) is 53.2. The van der Waals surface area contributed by atoms with Crippen molar-refractivity contribution in [3.05, 3.63) is 69.0 Å². The molecular weight excluding hydrogens is 1580 g/mol. The van der Waals surface area contributed by atoms with Gasteiger partial charge in [0.15, 0.2) is 83.0 Å². The fraction of sp³-hybridized carbons (Fsp3) is 0.479. The van der Waals surface area contributed by atoms with Crippen LogP contribution in [0.3, 0.4) is 0 Å². The standard InChI is InChI=1S/C41H44O25.C27H30O18.CH3O.2CH4.Na/c1-14(42)55-12-27-33(57-16(3)44)36(58-17(4)45)38(60-19(6)47)40(63-27)65-34-28(13-56-15(2)43)64-41(39(61-20(7)48)37(34)59-18(5)46)66-35-31(54)29-23(50)10-22(49)11-26(29)62-32(35)21-8-24(51)30(53)25(52)9-21;28-5-13-17(35)19(37)21(39)26(42-13)44-24-14(6-29)43-27(22(40)20(24)38)45-25-18(36)15-9(31)3-8(30)4-12(15)41-23(25)7-1-10(32)16(34)11(33)2-7;1-2;;;/h8-11,27-28,33-34,36-41,49-53H,12-13H2,1-7H3;1-4,13-14,17,19-22,24,26-35,37-40H,5-6H2;1H3;2*1H4;/q;;-1;;;+1/t27-,28-,33+,34-,36+,37+,38-,39-,40+,41+;13-,14-,17+,19+,20-,21-,22-,24-,26+,27+;;;;/m11..../s1. The summed E-state index contributed by atoms with van der Waals surface area (Å²) in [7, 11) is 0.750. The average molecular weight is 1670 g/mol. The normalized spacial score (nSPS) is 26.6. The summed E-state index contributed by atoms with van der Waals surface area (Å²) in [6.07, 6.45) is -36.8. The molecule has 4 aliphatic rings. The molecular formula is C71H85NaO44. The molecule has 0 radical (unpaired) electrons. The summed E-state index contributed by atoms with van der Waals surface area (Å²) in [6, 6.07) is 6.85. The van der Waals surface area contributed by atoms with E-state index < -0.39 is 304 Å². The third kappa shape index (κ3) is 21.8. The van der Waals surface area contributed by atoms with Crippen LogP contribution in [0.2, 0.25) is 0 Å². The molecule has 0 saturated carbocycles. The monoisotopic (exact) mass is 1660 g/mol. The van der Waals surface area contributed by atoms with Crippen LogP contribution in [-0.2, 0) is 95.1 Å². The summed E-state index contributed by atoms with van der Waals surface area (Å²) in [4.78, 5) is 115. The average Bonchev–Trinajstić information content (AvgIpc) is 0.753. The Morgan fingerprint density at radius 1 is 0.371 bits per heavy atom. The van der Waals surface area contributed by atoms with E-state index in [4.69, 9.17) is 85.0 Å². The van der Waals surface area contributed by atoms with E-state index in [1.807, 2.05) is 0 Å². The second-order valence-corrected chi connectivity index (χ2v) is 25.0. The molecule has 4 aromatic carbocycles. The number of benzene rings is 4. The van der Waals surface area contributed by atoms with E-state index in [-0.39, 0.29) is 55.5 Å². The number of hydrogen-bond donors (Lipinski definition) is 17. The van der Waals surface area contributed by atoms with Crippen LogP contribution in [-0.4, -0.2) is 285 Å². The van der Waals surface area contributed by atoms with E-state index in [2.05, 4.69) is 0 Å². The second kappa shape index (κ2) is 41.0. The molecule has 4 saturated heterocycles. The number of aliphatic hydroxyl groups excluding tert-OH is 7. The Labute approximate surface area is 675 Å². The molecule has 45 heteroatoms. The smallest absolute Gasteiger partial charge is 0.857 e. The Morgan fingerprint density at radius 3 is 1.11 bits per heavy atom. The van der Waals surface area contributed by atoms with Crippen LogP contribution in [0, 0.1) is 0 Å². The summed E-state index contributed by atoms with van der Waals surface area (Å²) in [5, 5.41) is 181. The van der Waals surface area contributed by atoms with Gasteiger partial charge in [0.1, 0.15) is 125 Å². The molecule has 0 spiro atoms. The zero-order valence-corrected chi connectivity index (χ0v) is 63.1. The summed E-state index contributed by atoms with van der Waals surface area (Å²) in [5.74, 6) is -18.1. The molecule has 6 heterocycles. The zero-order chi connectivity index (χ0) is 83.8. The number of carbonyl (C=O) groups is 7. The number of hydrogen-bond acceptors (Lipinski definition) is 44. The molecule has 44 nitrogen and oxygen atoms in total. The molecule has 20 atom stereocenters. The number of fused-ring (bicyclic) bond motifs is 2. The predicted octanol–water partition coefficient (Wildman–Crippen LogP) is -4.77. The Kier molecular flexibility index (Phi) is 34.0. The van der Waals surface area contributed by atoms with Gasteiger partial charge in [-0.3, -0.25) is 43.2 Å². The predicted molar refractivity (Wildman–Crippen MR) is 373 cm³/mol. The van der Waals surface area contributed by atoms with Gasteiger partial charge in [-0.05, 0) is 24.3 Å². The van der Waals surface area contributed by atoms with E-state index in [1.54, 1.807) is 0 Å². The van der Waals surface area contributed by atoms with Crippen LogP contribution >= 0.6 is 0 Å². The maximum Gasteiger partial charge on any atom is 1.00 e. The first-order valence-corrected chi connectivity index (χ1v) is 33.2. The first-order valence-electron chi connectivity index (χ1n) is 33.2. The van der Waals surface area contributed by atoms with E-state index >= 15 is 0 Å². The number of rotatable bonds is 21. The molecule has 0 amide bonds. The minimum Gasteiger partial charge on any atom is -0.857 e. The van der Waals surface area contributed by atoms with E-state index in [1.165, 1.54) is 0 Å². The van der Waals surface area contributed by atoms with Gasteiger partial charge in [0, 0.05) is 83.9 Å². The van der Waals surface area contributed by atoms with Crippen molar-refractivity contribution in [2.45, 2.75) is 186 Å². The molecule has 4 aliphatic heterocycles. The number of ether oxygens (including phenoxy) is 15. The van der Waals surface area contributed by atoms with Crippen molar-refractivity contribution in [1.82, 2.24) is 0 Å². The van der Waals surface area contributed by atoms with E-state index in [0.717, 1.165) is 104 Å². The fourth-order valence-electron chi connectivity index (χ4n) is 12.1. The third-order valence-electron chi connectivity index (χ3n) is 16.8. The number of esters is 7. The largest absolute Gasteiger partial charge is 1.00 e. The molecule has 0 aliphatic carbocycles. The fourth-order valence-corrected chi connectivity index (χ4v) is 12.1. The zero-order valence-electron chi connectivity index (χ0n) is 61.1. The van der Waals surface area contributed by atoms with Gasteiger partial charge in [0.05, 0.1) is 13.2 Å². The van der Waals surface area contributed by atoms with Crippen LogP contribution in [0.1, 0.15) is 63.3 Å². The Balaban J connectivity index is 0.000000420. The van der Waals surface area contributed by atoms with Crippen molar-refractivity contribution >= 4 is 63.7 Å². The van der Waals surface area contributed by atoms with Gasteiger partial charge < -0.3 is 172 Å². The second-order valence-electron chi connectivity index (χ2n) is 25.0. The van der Waals surface area contributed by atoms with Crippen molar-refractivity contribution in [1.29, 1.82) is 0 Å². The van der Waals surface area contributed by atoms with Crippen LogP contribution < -0.4 is 55.0 Å². The molecule has 2 aromatic heterocycles. The van der Waals surface area contributed by atoms with Crippen molar-refractivity contribution in [3.63, 3.8) is 0 Å². The van der Waals surface area contributed by atoms with Gasteiger partial charge >= 0.3 is 71.3 Å². The first kappa shape index (κ1) is 96.2. The van der Waals surface area contributed by atoms with E-state index in [0.29, 0.717) is 0 Å². The molecule has 116 heavy (non-hydrogen) atoms. The Morgan fingerprint density at radius 2 is 0.707 bits per heavy atom. The van der Waals surface area contributed by atoms with Crippen LogP contribution in [0.15, 0.2) is 67.0 Å². The third-order valence-corrected chi connectivity index (χ3v) is 16.8. The van der Waals surface area contributed by atoms with Gasteiger partial charge in [-0.2, -0.15) is 7.11 Å². The van der Waals surface area contributed by atoms with Crippen LogP contribution in [0.5, 0.6) is 69.0 Å². The molecule has 10 rings (SSSR count). The van der Waals surface area contributed by atoms with Crippen LogP contribution in [0.4, 0.5) is 0 Å². The molecule has 0 bridgehead atoms. The van der Waals surface area contributed by atoms with Gasteiger partial charge in [0.25, 0.3) is 0 Å². The summed E-state index contributed by atoms with van der Waals surface area (Å²) in [6.45, 7) is 3.51. The summed E-state index contributed by atoms with van der Waals surface area (Å²) < 4.78 is 96.1. The maximum absolute atomic E-state index is 14.3. The number of aromatic hydroxyl groups is 10. The van der Waals surface area contributed by atoms with Gasteiger partial charge in [0.2, 0.25) is 41.0 Å².